The lowest BCUT2D eigenvalue weighted by Crippen LogP contribution is -1.96. The van der Waals surface area contributed by atoms with Gasteiger partial charge in [-0.3, -0.25) is 4.98 Å². The Balaban J connectivity index is 2.31. The third kappa shape index (κ3) is 2.09. The number of carbonyl (C=O) groups excluding carboxylic acids is 1. The van der Waals surface area contributed by atoms with Gasteiger partial charge in [0.2, 0.25) is 0 Å². The zero-order chi connectivity index (χ0) is 11.5. The van der Waals surface area contributed by atoms with Crippen molar-refractivity contribution in [1.29, 1.82) is 0 Å². The summed E-state index contributed by atoms with van der Waals surface area (Å²) in [5.41, 5.74) is 1.86. The van der Waals surface area contributed by atoms with Crippen LogP contribution in [0.3, 0.4) is 0 Å². The van der Waals surface area contributed by atoms with Gasteiger partial charge >= 0.3 is 5.97 Å². The first-order chi connectivity index (χ1) is 7.70. The fourth-order valence-corrected chi connectivity index (χ4v) is 1.99. The molecule has 0 radical (unpaired) electrons. The molecule has 0 saturated carbocycles. The van der Waals surface area contributed by atoms with Crippen LogP contribution in [0.5, 0.6) is 0 Å². The molecule has 0 spiro atoms. The molecule has 82 valence electrons. The maximum Gasteiger partial charge on any atom is 0.349 e. The van der Waals surface area contributed by atoms with Crippen molar-refractivity contribution in [2.24, 2.45) is 0 Å². The van der Waals surface area contributed by atoms with E-state index in [0.29, 0.717) is 4.88 Å². The van der Waals surface area contributed by atoms with E-state index in [1.165, 1.54) is 24.6 Å². The molecule has 16 heavy (non-hydrogen) atoms. The molecule has 0 saturated heterocycles. The molecular formula is C11H10N2O2S. The second-order valence-corrected chi connectivity index (χ2v) is 4.27. The van der Waals surface area contributed by atoms with Gasteiger partial charge in [0.1, 0.15) is 9.88 Å². The number of hydrogen-bond acceptors (Lipinski definition) is 5. The highest BCUT2D eigenvalue weighted by atomic mass is 32.1. The number of pyridine rings is 1. The number of rotatable bonds is 2. The largest absolute Gasteiger partial charge is 0.465 e. The summed E-state index contributed by atoms with van der Waals surface area (Å²) in [6.45, 7) is 1.97. The lowest BCUT2D eigenvalue weighted by molar-refractivity contribution is 0.0606. The van der Waals surface area contributed by atoms with E-state index in [2.05, 4.69) is 14.7 Å². The first-order valence-corrected chi connectivity index (χ1v) is 5.49. The summed E-state index contributed by atoms with van der Waals surface area (Å²) in [5.74, 6) is -0.365. The second kappa shape index (κ2) is 4.40. The number of aryl methyl sites for hydroxylation is 1. The Morgan fingerprint density at radius 1 is 1.31 bits per heavy atom. The molecule has 2 aromatic heterocycles. The van der Waals surface area contributed by atoms with E-state index in [4.69, 9.17) is 0 Å². The average Bonchev–Trinajstić information content (AvgIpc) is 2.78. The molecule has 0 aliphatic rings. The third-order valence-corrected chi connectivity index (χ3v) is 3.02. The summed E-state index contributed by atoms with van der Waals surface area (Å²) >= 11 is 1.28. The number of nitrogens with zero attached hydrogens (tertiary/aromatic N) is 2. The first kappa shape index (κ1) is 10.8. The van der Waals surface area contributed by atoms with Gasteiger partial charge < -0.3 is 4.74 Å². The van der Waals surface area contributed by atoms with Crippen molar-refractivity contribution in [2.45, 2.75) is 6.92 Å². The van der Waals surface area contributed by atoms with Gasteiger partial charge in [-0.05, 0) is 18.6 Å². The fourth-order valence-electron chi connectivity index (χ4n) is 1.18. The molecule has 0 unspecified atom stereocenters. The van der Waals surface area contributed by atoms with E-state index >= 15 is 0 Å². The Hall–Kier alpha value is -1.75. The number of carbonyl (C=O) groups is 1. The second-order valence-electron chi connectivity index (χ2n) is 3.24. The van der Waals surface area contributed by atoms with Crippen molar-refractivity contribution in [1.82, 2.24) is 9.97 Å². The van der Waals surface area contributed by atoms with Gasteiger partial charge in [0, 0.05) is 6.20 Å². The van der Waals surface area contributed by atoms with E-state index in [1.54, 1.807) is 6.20 Å². The highest BCUT2D eigenvalue weighted by Gasteiger charge is 2.11. The van der Waals surface area contributed by atoms with Gasteiger partial charge in [0.25, 0.3) is 0 Å². The number of methoxy groups -OCH3 is 1. The van der Waals surface area contributed by atoms with Gasteiger partial charge in [-0.25, -0.2) is 9.78 Å². The molecule has 0 aliphatic heterocycles. The minimum atomic E-state index is -0.365. The molecule has 2 heterocycles. The van der Waals surface area contributed by atoms with E-state index in [1.807, 2.05) is 19.1 Å². The standard InChI is InChI=1S/C11H10N2O2S/c1-7-3-4-8(12-5-7)10-13-6-9(16-10)11(14)15-2/h3-6H,1-2H3. The Labute approximate surface area is 96.9 Å². The van der Waals surface area contributed by atoms with Crippen molar-refractivity contribution in [2.75, 3.05) is 7.11 Å². The minimum absolute atomic E-state index is 0.365. The maximum atomic E-state index is 11.2. The Morgan fingerprint density at radius 2 is 2.12 bits per heavy atom. The lowest BCUT2D eigenvalue weighted by Gasteiger charge is -1.95. The number of aromatic nitrogens is 2. The van der Waals surface area contributed by atoms with Crippen LogP contribution in [0.1, 0.15) is 15.2 Å². The summed E-state index contributed by atoms with van der Waals surface area (Å²) in [6, 6.07) is 3.84. The Kier molecular flexibility index (Phi) is 2.96. The summed E-state index contributed by atoms with van der Waals surface area (Å²) in [7, 11) is 1.35. The van der Waals surface area contributed by atoms with Crippen LogP contribution in [0.2, 0.25) is 0 Å². The van der Waals surface area contributed by atoms with Crippen molar-refractivity contribution in [3.63, 3.8) is 0 Å². The van der Waals surface area contributed by atoms with Crippen LogP contribution in [0.15, 0.2) is 24.5 Å². The molecule has 0 atom stereocenters. The zero-order valence-electron chi connectivity index (χ0n) is 8.93. The Morgan fingerprint density at radius 3 is 2.75 bits per heavy atom. The van der Waals surface area contributed by atoms with Crippen LogP contribution in [0, 0.1) is 6.92 Å². The predicted molar refractivity (Wildman–Crippen MR) is 61.4 cm³/mol. The van der Waals surface area contributed by atoms with E-state index in [-0.39, 0.29) is 5.97 Å². The summed E-state index contributed by atoms with van der Waals surface area (Å²) in [4.78, 5) is 20.1. The molecule has 2 aromatic rings. The SMILES string of the molecule is COC(=O)c1cnc(-c2ccc(C)cn2)s1. The number of ether oxygens (including phenoxy) is 1. The Bertz CT molecular complexity index is 505. The molecular weight excluding hydrogens is 224 g/mol. The molecule has 2 rings (SSSR count). The van der Waals surface area contributed by atoms with E-state index in [0.717, 1.165) is 16.3 Å². The predicted octanol–water partition coefficient (Wildman–Crippen LogP) is 2.30. The molecule has 0 N–H and O–H groups in total. The smallest absolute Gasteiger partial charge is 0.349 e. The molecule has 0 aliphatic carbocycles. The first-order valence-electron chi connectivity index (χ1n) is 4.68. The molecule has 0 fully saturated rings. The van der Waals surface area contributed by atoms with Gasteiger partial charge in [0.05, 0.1) is 19.0 Å². The minimum Gasteiger partial charge on any atom is -0.465 e. The summed E-state index contributed by atoms with van der Waals surface area (Å²) in [6.07, 6.45) is 3.28. The van der Waals surface area contributed by atoms with Crippen molar-refractivity contribution >= 4 is 17.3 Å². The van der Waals surface area contributed by atoms with Gasteiger partial charge in [-0.2, -0.15) is 0 Å². The molecule has 0 bridgehead atoms. The fraction of sp³-hybridized carbons (Fsp3) is 0.182. The highest BCUT2D eigenvalue weighted by molar-refractivity contribution is 7.16. The number of esters is 1. The maximum absolute atomic E-state index is 11.2. The monoisotopic (exact) mass is 234 g/mol. The zero-order valence-corrected chi connectivity index (χ0v) is 9.75. The van der Waals surface area contributed by atoms with Crippen LogP contribution in [-0.2, 0) is 4.74 Å². The lowest BCUT2D eigenvalue weighted by atomic mass is 10.3. The highest BCUT2D eigenvalue weighted by Crippen LogP contribution is 2.23. The van der Waals surface area contributed by atoms with Crippen LogP contribution in [0.25, 0.3) is 10.7 Å². The molecule has 0 aromatic carbocycles. The van der Waals surface area contributed by atoms with Gasteiger partial charge in [0.15, 0.2) is 0 Å². The van der Waals surface area contributed by atoms with Crippen LogP contribution in [0.4, 0.5) is 0 Å². The number of thiazole rings is 1. The average molecular weight is 234 g/mol. The molecule has 5 heteroatoms. The van der Waals surface area contributed by atoms with Crippen molar-refractivity contribution in [3.05, 3.63) is 35.0 Å². The van der Waals surface area contributed by atoms with Gasteiger partial charge in [-0.15, -0.1) is 11.3 Å². The quantitative estimate of drug-likeness (QED) is 0.748. The number of hydrogen-bond donors (Lipinski definition) is 0. The van der Waals surface area contributed by atoms with Crippen molar-refractivity contribution < 1.29 is 9.53 Å². The molecule has 0 amide bonds. The van der Waals surface area contributed by atoms with Crippen molar-refractivity contribution in [3.8, 4) is 10.7 Å². The van der Waals surface area contributed by atoms with E-state index in [9.17, 15) is 4.79 Å². The van der Waals surface area contributed by atoms with Crippen LogP contribution in [-0.4, -0.2) is 23.0 Å². The van der Waals surface area contributed by atoms with Crippen LogP contribution < -0.4 is 0 Å². The van der Waals surface area contributed by atoms with E-state index < -0.39 is 0 Å². The van der Waals surface area contributed by atoms with Gasteiger partial charge in [-0.1, -0.05) is 6.07 Å². The topological polar surface area (TPSA) is 52.1 Å². The summed E-state index contributed by atoms with van der Waals surface area (Å²) < 4.78 is 4.62. The molecule has 4 nitrogen and oxygen atoms in total. The third-order valence-electron chi connectivity index (χ3n) is 2.02. The normalized spacial score (nSPS) is 10.1. The van der Waals surface area contributed by atoms with Crippen LogP contribution >= 0.6 is 11.3 Å². The summed E-state index contributed by atoms with van der Waals surface area (Å²) in [5, 5.41) is 0.723.